The van der Waals surface area contributed by atoms with Gasteiger partial charge in [-0.2, -0.15) is 0 Å². The summed E-state index contributed by atoms with van der Waals surface area (Å²) in [6.45, 7) is 6.35. The first-order chi connectivity index (χ1) is 8.87. The maximum absolute atomic E-state index is 12.2. The van der Waals surface area contributed by atoms with Crippen molar-refractivity contribution in [2.24, 2.45) is 0 Å². The number of hydrogen-bond acceptors (Lipinski definition) is 3. The van der Waals surface area contributed by atoms with E-state index in [0.717, 1.165) is 37.8 Å². The average molecular weight is 265 g/mol. The first-order valence-corrected chi connectivity index (χ1v) is 7.10. The van der Waals surface area contributed by atoms with Gasteiger partial charge in [-0.1, -0.05) is 0 Å². The van der Waals surface area contributed by atoms with Crippen LogP contribution >= 0.6 is 0 Å². The van der Waals surface area contributed by atoms with Crippen molar-refractivity contribution >= 4 is 11.9 Å². The fraction of sp³-hybridized carbons (Fsp3) is 0.733. The lowest BCUT2D eigenvalue weighted by Crippen LogP contribution is -2.41. The smallest absolute Gasteiger partial charge is 0.410 e. The van der Waals surface area contributed by atoms with E-state index in [1.165, 1.54) is 0 Å². The summed E-state index contributed by atoms with van der Waals surface area (Å²) in [4.78, 5) is 25.5. The topological polar surface area (TPSA) is 46.6 Å². The van der Waals surface area contributed by atoms with Crippen molar-refractivity contribution in [1.82, 2.24) is 4.90 Å². The maximum Gasteiger partial charge on any atom is 0.410 e. The van der Waals surface area contributed by atoms with E-state index in [9.17, 15) is 9.59 Å². The van der Waals surface area contributed by atoms with Gasteiger partial charge in [-0.25, -0.2) is 4.79 Å². The van der Waals surface area contributed by atoms with Gasteiger partial charge >= 0.3 is 6.09 Å². The second kappa shape index (κ2) is 5.35. The molecule has 1 aliphatic heterocycles. The van der Waals surface area contributed by atoms with Crippen molar-refractivity contribution < 1.29 is 14.3 Å². The van der Waals surface area contributed by atoms with Crippen LogP contribution in [0.2, 0.25) is 0 Å². The summed E-state index contributed by atoms with van der Waals surface area (Å²) >= 11 is 0. The first kappa shape index (κ1) is 14.1. The normalized spacial score (nSPS) is 24.4. The molecule has 0 saturated carbocycles. The predicted octanol–water partition coefficient (Wildman–Crippen LogP) is 3.07. The van der Waals surface area contributed by atoms with E-state index < -0.39 is 5.60 Å². The van der Waals surface area contributed by atoms with Crippen molar-refractivity contribution in [3.8, 4) is 0 Å². The van der Waals surface area contributed by atoms with Gasteiger partial charge < -0.3 is 9.64 Å². The number of likely N-dealkylation sites (tertiary alicyclic amines) is 1. The molecule has 0 N–H and O–H groups in total. The lowest BCUT2D eigenvalue weighted by molar-refractivity contribution is -0.115. The molecule has 1 fully saturated rings. The van der Waals surface area contributed by atoms with Gasteiger partial charge in [0.15, 0.2) is 5.78 Å². The summed E-state index contributed by atoms with van der Waals surface area (Å²) in [6, 6.07) is 0.0686. The molecule has 0 aromatic rings. The molecule has 0 spiro atoms. The molecular weight excluding hydrogens is 242 g/mol. The Hall–Kier alpha value is -1.32. The van der Waals surface area contributed by atoms with E-state index >= 15 is 0 Å². The molecule has 1 saturated heterocycles. The quantitative estimate of drug-likeness (QED) is 0.732. The number of ketones is 1. The average Bonchev–Trinajstić information content (AvgIpc) is 2.75. The minimum Gasteiger partial charge on any atom is -0.444 e. The molecule has 19 heavy (non-hydrogen) atoms. The molecule has 2 rings (SSSR count). The number of carbonyl (C=O) groups is 2. The van der Waals surface area contributed by atoms with Crippen LogP contribution in [0.15, 0.2) is 11.6 Å². The largest absolute Gasteiger partial charge is 0.444 e. The number of rotatable bonds is 1. The van der Waals surface area contributed by atoms with Gasteiger partial charge in [-0.15, -0.1) is 0 Å². The van der Waals surface area contributed by atoms with E-state index in [2.05, 4.69) is 0 Å². The third-order valence-electron chi connectivity index (χ3n) is 3.54. The Morgan fingerprint density at radius 3 is 2.68 bits per heavy atom. The van der Waals surface area contributed by atoms with Gasteiger partial charge in [-0.05, 0) is 58.1 Å². The highest BCUT2D eigenvalue weighted by atomic mass is 16.6. The molecule has 1 atom stereocenters. The second-order valence-corrected chi connectivity index (χ2v) is 6.37. The van der Waals surface area contributed by atoms with Gasteiger partial charge in [0.05, 0.1) is 6.04 Å². The zero-order valence-corrected chi connectivity index (χ0v) is 12.1. The molecule has 2 aliphatic rings. The van der Waals surface area contributed by atoms with Crippen molar-refractivity contribution in [3.63, 3.8) is 0 Å². The maximum atomic E-state index is 12.2. The van der Waals surface area contributed by atoms with E-state index in [1.54, 1.807) is 11.0 Å². The van der Waals surface area contributed by atoms with Crippen LogP contribution in [0, 0.1) is 0 Å². The Morgan fingerprint density at radius 1 is 1.32 bits per heavy atom. The molecule has 1 amide bonds. The molecule has 0 unspecified atom stereocenters. The molecule has 4 heteroatoms. The molecule has 0 bridgehead atoms. The molecule has 106 valence electrons. The number of nitrogens with zero attached hydrogens (tertiary/aromatic N) is 1. The highest BCUT2D eigenvalue weighted by molar-refractivity contribution is 5.91. The molecule has 4 nitrogen and oxygen atoms in total. The summed E-state index contributed by atoms with van der Waals surface area (Å²) in [5.41, 5.74) is 0.640. The lowest BCUT2D eigenvalue weighted by atomic mass is 9.92. The van der Waals surface area contributed by atoms with Gasteiger partial charge in [0.1, 0.15) is 5.60 Å². The van der Waals surface area contributed by atoms with Gasteiger partial charge in [0.25, 0.3) is 0 Å². The molecule has 0 radical (unpaired) electrons. The summed E-state index contributed by atoms with van der Waals surface area (Å²) < 4.78 is 5.44. The Labute approximate surface area is 114 Å². The summed E-state index contributed by atoms with van der Waals surface area (Å²) in [7, 11) is 0. The van der Waals surface area contributed by atoms with E-state index in [1.807, 2.05) is 20.8 Å². The summed E-state index contributed by atoms with van der Waals surface area (Å²) in [5.74, 6) is 0.192. The highest BCUT2D eigenvalue weighted by Crippen LogP contribution is 2.30. The monoisotopic (exact) mass is 265 g/mol. The van der Waals surface area contributed by atoms with Crippen LogP contribution in [0.4, 0.5) is 4.79 Å². The third-order valence-corrected chi connectivity index (χ3v) is 3.54. The van der Waals surface area contributed by atoms with Crippen LogP contribution in [-0.4, -0.2) is 35.0 Å². The van der Waals surface area contributed by atoms with Crippen molar-refractivity contribution in [3.05, 3.63) is 11.6 Å². The van der Waals surface area contributed by atoms with Crippen LogP contribution < -0.4 is 0 Å². The minimum absolute atomic E-state index is 0.0686. The Kier molecular flexibility index (Phi) is 3.97. The number of ether oxygens (including phenoxy) is 1. The van der Waals surface area contributed by atoms with Crippen LogP contribution in [-0.2, 0) is 9.53 Å². The first-order valence-electron chi connectivity index (χ1n) is 7.10. The van der Waals surface area contributed by atoms with Gasteiger partial charge in [0.2, 0.25) is 0 Å². The van der Waals surface area contributed by atoms with Gasteiger partial charge in [-0.3, -0.25) is 4.79 Å². The Morgan fingerprint density at radius 2 is 2.05 bits per heavy atom. The number of amides is 1. The number of hydrogen-bond donors (Lipinski definition) is 0. The van der Waals surface area contributed by atoms with E-state index in [0.29, 0.717) is 6.42 Å². The Bertz CT molecular complexity index is 406. The molecule has 1 heterocycles. The summed E-state index contributed by atoms with van der Waals surface area (Å²) in [5, 5.41) is 0. The molecular formula is C15H23NO3. The van der Waals surface area contributed by atoms with Crippen molar-refractivity contribution in [2.75, 3.05) is 6.54 Å². The van der Waals surface area contributed by atoms with Gasteiger partial charge in [0, 0.05) is 13.0 Å². The fourth-order valence-electron chi connectivity index (χ4n) is 2.77. The third kappa shape index (κ3) is 3.58. The van der Waals surface area contributed by atoms with Crippen molar-refractivity contribution in [1.29, 1.82) is 0 Å². The van der Waals surface area contributed by atoms with Crippen molar-refractivity contribution in [2.45, 2.75) is 64.5 Å². The zero-order chi connectivity index (χ0) is 14.0. The van der Waals surface area contributed by atoms with E-state index in [-0.39, 0.29) is 17.9 Å². The number of carbonyl (C=O) groups excluding carboxylic acids is 2. The fourth-order valence-corrected chi connectivity index (χ4v) is 2.77. The number of allylic oxidation sites excluding steroid dienone is 1. The minimum atomic E-state index is -0.471. The van der Waals surface area contributed by atoms with Crippen LogP contribution in [0.25, 0.3) is 0 Å². The second-order valence-electron chi connectivity index (χ2n) is 6.37. The highest BCUT2D eigenvalue weighted by Gasteiger charge is 2.34. The standard InChI is InChI=1S/C15H23NO3/c1-15(2,3)19-14(18)16-9-5-8-13(16)11-6-4-7-12(17)10-11/h10,13H,4-9H2,1-3H3/t13-/m1/s1. The molecule has 1 aliphatic carbocycles. The lowest BCUT2D eigenvalue weighted by Gasteiger charge is -2.30. The molecule has 0 aromatic heterocycles. The van der Waals surface area contributed by atoms with Crippen LogP contribution in [0.3, 0.4) is 0 Å². The van der Waals surface area contributed by atoms with Crippen LogP contribution in [0.1, 0.15) is 52.9 Å². The SMILES string of the molecule is CC(C)(C)OC(=O)N1CCC[C@@H]1C1=CC(=O)CCC1. The Balaban J connectivity index is 2.08. The zero-order valence-electron chi connectivity index (χ0n) is 12.1. The van der Waals surface area contributed by atoms with Crippen LogP contribution in [0.5, 0.6) is 0 Å². The molecule has 0 aromatic carbocycles. The predicted molar refractivity (Wildman–Crippen MR) is 72.9 cm³/mol. The summed E-state index contributed by atoms with van der Waals surface area (Å²) in [6.07, 6.45) is 5.89. The van der Waals surface area contributed by atoms with E-state index in [4.69, 9.17) is 4.74 Å².